The van der Waals surface area contributed by atoms with Gasteiger partial charge in [0.1, 0.15) is 17.7 Å². The number of aliphatic hydroxyl groups excluding tert-OH is 1. The molecule has 3 fully saturated rings. The van der Waals surface area contributed by atoms with Crippen LogP contribution in [0.4, 0.5) is 0 Å². The number of nitrogens with one attached hydrogen (secondary N) is 1. The fourth-order valence-electron chi connectivity index (χ4n) is 6.58. The molecular formula is C30H46BrN3O7. The third-order valence-electron chi connectivity index (χ3n) is 8.29. The smallest absolute Gasteiger partial charge is 0.312 e. The summed E-state index contributed by atoms with van der Waals surface area (Å²) in [4.78, 5) is 57.1. The maximum absolute atomic E-state index is 14.3. The molecule has 1 spiro atoms. The number of allylic oxidation sites excluding steroid dienone is 1. The highest BCUT2D eigenvalue weighted by Gasteiger charge is 2.77. The second-order valence-electron chi connectivity index (χ2n) is 12.1. The van der Waals surface area contributed by atoms with Crippen molar-refractivity contribution in [2.75, 3.05) is 19.7 Å². The molecule has 3 heterocycles. The van der Waals surface area contributed by atoms with E-state index in [0.717, 1.165) is 0 Å². The number of halogens is 1. The number of carbonyl (C=O) groups is 4. The topological polar surface area (TPSA) is 125 Å². The van der Waals surface area contributed by atoms with Crippen molar-refractivity contribution in [3.8, 4) is 0 Å². The number of esters is 1. The lowest BCUT2D eigenvalue weighted by atomic mass is 9.70. The van der Waals surface area contributed by atoms with Crippen molar-refractivity contribution < 1.29 is 33.8 Å². The number of hydrogen-bond acceptors (Lipinski definition) is 7. The van der Waals surface area contributed by atoms with Crippen molar-refractivity contribution in [3.05, 3.63) is 25.3 Å². The minimum Gasteiger partial charge on any atom is -0.460 e. The second-order valence-corrected chi connectivity index (χ2v) is 13.3. The average molecular weight is 641 g/mol. The fraction of sp³-hybridized carbons (Fsp3) is 0.733. The standard InChI is InChI=1S/C30H46BrN3O7/c1-8-10-11-22(36)32-15-19(7)40-29(39)23-24-27(37)34(20(16-35)13-17(3)4)26(28(38)33(12-9-2)18(5)6)30(24)14-21(31)25(23)41-30/h8-9,17-21,23-26,35H,1-2,10-16H2,3-7H3,(H,32,36)/t19-,20-,21?,23+,24-,25+,26+,30-/m1/s1. The molecule has 0 aromatic heterocycles. The molecule has 2 bridgehead atoms. The quantitative estimate of drug-likeness (QED) is 0.160. The van der Waals surface area contributed by atoms with E-state index in [0.29, 0.717) is 25.7 Å². The van der Waals surface area contributed by atoms with Gasteiger partial charge in [0.2, 0.25) is 17.7 Å². The van der Waals surface area contributed by atoms with Gasteiger partial charge < -0.3 is 29.7 Å². The summed E-state index contributed by atoms with van der Waals surface area (Å²) >= 11 is 3.66. The Hall–Kier alpha value is -2.24. The predicted molar refractivity (Wildman–Crippen MR) is 158 cm³/mol. The van der Waals surface area contributed by atoms with Crippen molar-refractivity contribution >= 4 is 39.6 Å². The zero-order valence-electron chi connectivity index (χ0n) is 24.9. The fourth-order valence-corrected chi connectivity index (χ4v) is 7.52. The van der Waals surface area contributed by atoms with Crippen LogP contribution in [0, 0.1) is 17.8 Å². The van der Waals surface area contributed by atoms with Crippen molar-refractivity contribution in [1.29, 1.82) is 0 Å². The van der Waals surface area contributed by atoms with Crippen LogP contribution in [0.25, 0.3) is 0 Å². The van der Waals surface area contributed by atoms with Crippen molar-refractivity contribution in [2.24, 2.45) is 17.8 Å². The molecule has 3 saturated heterocycles. The Labute approximate surface area is 252 Å². The molecular weight excluding hydrogens is 594 g/mol. The van der Waals surface area contributed by atoms with E-state index < -0.39 is 47.7 Å². The summed E-state index contributed by atoms with van der Waals surface area (Å²) in [7, 11) is 0. The van der Waals surface area contributed by atoms with Crippen molar-refractivity contribution in [1.82, 2.24) is 15.1 Å². The Morgan fingerprint density at radius 1 is 1.24 bits per heavy atom. The van der Waals surface area contributed by atoms with Gasteiger partial charge in [-0.25, -0.2) is 0 Å². The molecule has 2 N–H and O–H groups in total. The number of alkyl halides is 1. The molecule has 0 aromatic rings. The first-order valence-corrected chi connectivity index (χ1v) is 15.5. The van der Waals surface area contributed by atoms with Crippen LogP contribution in [0.1, 0.15) is 60.3 Å². The summed E-state index contributed by atoms with van der Waals surface area (Å²) in [5.74, 6) is -3.17. The second kappa shape index (κ2) is 13.8. The summed E-state index contributed by atoms with van der Waals surface area (Å²) < 4.78 is 12.3. The van der Waals surface area contributed by atoms with Gasteiger partial charge in [0.25, 0.3) is 0 Å². The number of carbonyl (C=O) groups excluding carboxylic acids is 4. The number of nitrogens with zero attached hydrogens (tertiary/aromatic N) is 2. The number of fused-ring (bicyclic) bond motifs is 1. The van der Waals surface area contributed by atoms with Crippen LogP contribution in [0.15, 0.2) is 25.3 Å². The van der Waals surface area contributed by atoms with E-state index in [-0.39, 0.29) is 54.2 Å². The Bertz CT molecular complexity index is 1020. The molecule has 8 atom stereocenters. The third kappa shape index (κ3) is 6.57. The molecule has 10 nitrogen and oxygen atoms in total. The summed E-state index contributed by atoms with van der Waals surface area (Å²) in [6.45, 7) is 16.9. The third-order valence-corrected chi connectivity index (χ3v) is 9.14. The zero-order valence-corrected chi connectivity index (χ0v) is 26.5. The minimum atomic E-state index is -1.25. The van der Waals surface area contributed by atoms with Gasteiger partial charge in [-0.3, -0.25) is 19.2 Å². The number of likely N-dealkylation sites (tertiary alicyclic amines) is 1. The van der Waals surface area contributed by atoms with Gasteiger partial charge >= 0.3 is 5.97 Å². The number of ether oxygens (including phenoxy) is 2. The average Bonchev–Trinajstić information content (AvgIpc) is 3.50. The normalized spacial score (nSPS) is 29.8. The molecule has 0 radical (unpaired) electrons. The highest BCUT2D eigenvalue weighted by atomic mass is 79.9. The van der Waals surface area contributed by atoms with Crippen LogP contribution >= 0.6 is 15.9 Å². The Morgan fingerprint density at radius 2 is 1.93 bits per heavy atom. The van der Waals surface area contributed by atoms with Gasteiger partial charge in [0.15, 0.2) is 0 Å². The molecule has 3 amide bonds. The maximum Gasteiger partial charge on any atom is 0.312 e. The first-order valence-electron chi connectivity index (χ1n) is 14.6. The van der Waals surface area contributed by atoms with Crippen LogP contribution in [0.5, 0.6) is 0 Å². The number of aliphatic hydroxyl groups is 1. The molecule has 11 heteroatoms. The molecule has 0 saturated carbocycles. The van der Waals surface area contributed by atoms with E-state index in [9.17, 15) is 24.3 Å². The first-order chi connectivity index (χ1) is 19.3. The van der Waals surface area contributed by atoms with Gasteiger partial charge in [-0.2, -0.15) is 0 Å². The summed E-state index contributed by atoms with van der Waals surface area (Å²) in [5, 5.41) is 13.2. The molecule has 3 aliphatic heterocycles. The molecule has 1 unspecified atom stereocenters. The molecule has 230 valence electrons. The number of amides is 3. The molecule has 0 aliphatic carbocycles. The van der Waals surface area contributed by atoms with Crippen LogP contribution in [-0.4, -0.2) is 99.1 Å². The Balaban J connectivity index is 1.96. The summed E-state index contributed by atoms with van der Waals surface area (Å²) in [5.41, 5.74) is -1.25. The van der Waals surface area contributed by atoms with E-state index in [1.807, 2.05) is 27.7 Å². The van der Waals surface area contributed by atoms with Crippen molar-refractivity contribution in [2.45, 2.75) is 101 Å². The summed E-state index contributed by atoms with van der Waals surface area (Å²) in [6.07, 6.45) is 3.68. The van der Waals surface area contributed by atoms with Crippen LogP contribution < -0.4 is 5.32 Å². The Morgan fingerprint density at radius 3 is 2.49 bits per heavy atom. The van der Waals surface area contributed by atoms with Crippen LogP contribution in [0.3, 0.4) is 0 Å². The molecule has 3 rings (SSSR count). The lowest BCUT2D eigenvalue weighted by molar-refractivity contribution is -0.160. The minimum absolute atomic E-state index is 0.126. The van der Waals surface area contributed by atoms with E-state index in [1.54, 1.807) is 24.0 Å². The van der Waals surface area contributed by atoms with Gasteiger partial charge in [0, 0.05) is 23.8 Å². The molecule has 41 heavy (non-hydrogen) atoms. The first kappa shape index (κ1) is 33.3. The maximum atomic E-state index is 14.3. The number of hydrogen-bond donors (Lipinski definition) is 2. The SMILES string of the molecule is C=CCCC(=O)NC[C@@H](C)OC(=O)[C@@H]1[C@H]2O[C@@]3(CC2Br)[C@H](C(=O)N(CC=C)C(C)C)N([C@@H](CO)CC(C)C)C(=O)[C@@H]13. The Kier molecular flexibility index (Phi) is 11.2. The molecule has 3 aliphatic rings. The zero-order chi connectivity index (χ0) is 30.6. The van der Waals surface area contributed by atoms with E-state index in [2.05, 4.69) is 34.4 Å². The van der Waals surface area contributed by atoms with Crippen LogP contribution in [-0.2, 0) is 28.7 Å². The van der Waals surface area contributed by atoms with Gasteiger partial charge in [0.05, 0.1) is 37.1 Å². The van der Waals surface area contributed by atoms with E-state index in [4.69, 9.17) is 9.47 Å². The van der Waals surface area contributed by atoms with Gasteiger partial charge in [-0.15, -0.1) is 13.2 Å². The largest absolute Gasteiger partial charge is 0.460 e. The van der Waals surface area contributed by atoms with E-state index >= 15 is 0 Å². The lowest BCUT2D eigenvalue weighted by Gasteiger charge is -2.40. The highest BCUT2D eigenvalue weighted by Crippen LogP contribution is 2.61. The van der Waals surface area contributed by atoms with Gasteiger partial charge in [-0.1, -0.05) is 41.9 Å². The monoisotopic (exact) mass is 639 g/mol. The predicted octanol–water partition coefficient (Wildman–Crippen LogP) is 2.58. The van der Waals surface area contributed by atoms with E-state index in [1.165, 1.54) is 4.90 Å². The highest BCUT2D eigenvalue weighted by molar-refractivity contribution is 9.09. The summed E-state index contributed by atoms with van der Waals surface area (Å²) in [6, 6.07) is -1.80. The van der Waals surface area contributed by atoms with Crippen LogP contribution in [0.2, 0.25) is 0 Å². The number of rotatable bonds is 15. The lowest BCUT2D eigenvalue weighted by Crippen LogP contribution is -2.60. The van der Waals surface area contributed by atoms with Crippen molar-refractivity contribution in [3.63, 3.8) is 0 Å². The van der Waals surface area contributed by atoms with Gasteiger partial charge in [-0.05, 0) is 46.0 Å². The molecule has 0 aromatic carbocycles.